The molecule has 2 N–H and O–H groups in total. The summed E-state index contributed by atoms with van der Waals surface area (Å²) in [7, 11) is 3.72. The van der Waals surface area contributed by atoms with Crippen LogP contribution >= 0.6 is 0 Å². The lowest BCUT2D eigenvalue weighted by Crippen LogP contribution is -2.30. The Morgan fingerprint density at radius 1 is 1.21 bits per heavy atom. The maximum Gasteiger partial charge on any atom is 0.229 e. The standard InChI is InChI=1S/C17H23FN6/c1-11(13-6-4-5-7-14(13)18)24(12-8-9-12)10-15-20-16(19)22-17(21-15)23(2)3/h4-7,11-12H,8-10H2,1-3H3,(H2,19,20,21,22)/t11-/m0/s1. The fourth-order valence-corrected chi connectivity index (χ4v) is 2.84. The fraction of sp³-hybridized carbons (Fsp3) is 0.471. The van der Waals surface area contributed by atoms with Gasteiger partial charge in [0.05, 0.1) is 6.54 Å². The zero-order chi connectivity index (χ0) is 17.3. The minimum absolute atomic E-state index is 0.0560. The lowest BCUT2D eigenvalue weighted by molar-refractivity contribution is 0.182. The highest BCUT2D eigenvalue weighted by Crippen LogP contribution is 2.36. The third-order valence-electron chi connectivity index (χ3n) is 4.28. The summed E-state index contributed by atoms with van der Waals surface area (Å²) < 4.78 is 14.2. The molecule has 1 aromatic heterocycles. The molecule has 3 rings (SSSR count). The van der Waals surface area contributed by atoms with Crippen molar-refractivity contribution in [3.8, 4) is 0 Å². The van der Waals surface area contributed by atoms with Gasteiger partial charge in [0.1, 0.15) is 11.6 Å². The van der Waals surface area contributed by atoms with Crippen LogP contribution in [0.5, 0.6) is 0 Å². The maximum absolute atomic E-state index is 14.2. The number of benzene rings is 1. The monoisotopic (exact) mass is 330 g/mol. The number of hydrogen-bond acceptors (Lipinski definition) is 6. The number of nitrogen functional groups attached to an aromatic ring is 1. The maximum atomic E-state index is 14.2. The van der Waals surface area contributed by atoms with Crippen molar-refractivity contribution < 1.29 is 4.39 Å². The molecule has 1 aliphatic carbocycles. The SMILES string of the molecule is C[C@@H](c1ccccc1F)N(Cc1nc(N)nc(N(C)C)n1)C1CC1. The number of halogens is 1. The molecule has 2 aromatic rings. The molecule has 0 bridgehead atoms. The van der Waals surface area contributed by atoms with Gasteiger partial charge in [0.15, 0.2) is 0 Å². The van der Waals surface area contributed by atoms with Crippen LogP contribution in [0.1, 0.15) is 37.2 Å². The molecular weight excluding hydrogens is 307 g/mol. The first-order chi connectivity index (χ1) is 11.5. The number of rotatable bonds is 6. The van der Waals surface area contributed by atoms with Crippen molar-refractivity contribution in [3.05, 3.63) is 41.5 Å². The Hall–Kier alpha value is -2.28. The first-order valence-electron chi connectivity index (χ1n) is 8.13. The lowest BCUT2D eigenvalue weighted by Gasteiger charge is -2.29. The molecule has 0 spiro atoms. The molecule has 0 unspecified atom stereocenters. The van der Waals surface area contributed by atoms with Crippen molar-refractivity contribution >= 4 is 11.9 Å². The summed E-state index contributed by atoms with van der Waals surface area (Å²) in [6.07, 6.45) is 2.22. The van der Waals surface area contributed by atoms with Gasteiger partial charge in [-0.1, -0.05) is 18.2 Å². The Kier molecular flexibility index (Phi) is 4.62. The van der Waals surface area contributed by atoms with Gasteiger partial charge in [0.25, 0.3) is 0 Å². The van der Waals surface area contributed by atoms with Crippen molar-refractivity contribution in [2.45, 2.75) is 38.4 Å². The van der Waals surface area contributed by atoms with Crippen LogP contribution in [-0.4, -0.2) is 40.0 Å². The van der Waals surface area contributed by atoms with Crippen LogP contribution in [0.15, 0.2) is 24.3 Å². The van der Waals surface area contributed by atoms with Crippen molar-refractivity contribution in [2.24, 2.45) is 0 Å². The van der Waals surface area contributed by atoms with Crippen LogP contribution in [-0.2, 0) is 6.54 Å². The van der Waals surface area contributed by atoms with E-state index in [1.165, 1.54) is 6.07 Å². The predicted molar refractivity (Wildman–Crippen MR) is 91.9 cm³/mol. The predicted octanol–water partition coefficient (Wildman–Crippen LogP) is 2.38. The normalized spacial score (nSPS) is 15.5. The minimum Gasteiger partial charge on any atom is -0.368 e. The summed E-state index contributed by atoms with van der Waals surface area (Å²) in [5.74, 6) is 1.17. The van der Waals surface area contributed by atoms with E-state index in [4.69, 9.17) is 5.73 Å². The van der Waals surface area contributed by atoms with E-state index in [9.17, 15) is 4.39 Å². The van der Waals surface area contributed by atoms with Crippen LogP contribution in [0.3, 0.4) is 0 Å². The third kappa shape index (κ3) is 3.62. The van der Waals surface area contributed by atoms with Crippen LogP contribution in [0.2, 0.25) is 0 Å². The van der Waals surface area contributed by atoms with Gasteiger partial charge in [-0.25, -0.2) is 4.39 Å². The number of nitrogens with two attached hydrogens (primary N) is 1. The van der Waals surface area contributed by atoms with E-state index >= 15 is 0 Å². The van der Waals surface area contributed by atoms with E-state index < -0.39 is 0 Å². The second-order valence-corrected chi connectivity index (χ2v) is 6.41. The molecule has 1 fully saturated rings. The van der Waals surface area contributed by atoms with Crippen molar-refractivity contribution in [2.75, 3.05) is 24.7 Å². The van der Waals surface area contributed by atoms with Crippen LogP contribution < -0.4 is 10.6 Å². The van der Waals surface area contributed by atoms with Crippen molar-refractivity contribution in [1.29, 1.82) is 0 Å². The summed E-state index contributed by atoms with van der Waals surface area (Å²) in [6, 6.07) is 7.29. The zero-order valence-electron chi connectivity index (χ0n) is 14.3. The van der Waals surface area contributed by atoms with Crippen LogP contribution in [0.4, 0.5) is 16.3 Å². The van der Waals surface area contributed by atoms with Crippen LogP contribution in [0.25, 0.3) is 0 Å². The van der Waals surface area contributed by atoms with E-state index in [-0.39, 0.29) is 17.8 Å². The minimum atomic E-state index is -0.181. The van der Waals surface area contributed by atoms with E-state index in [0.717, 1.165) is 12.8 Å². The molecule has 7 heteroatoms. The van der Waals surface area contributed by atoms with Gasteiger partial charge in [-0.05, 0) is 25.8 Å². The fourth-order valence-electron chi connectivity index (χ4n) is 2.84. The smallest absolute Gasteiger partial charge is 0.229 e. The van der Waals surface area contributed by atoms with Crippen LogP contribution in [0, 0.1) is 5.82 Å². The Morgan fingerprint density at radius 2 is 1.92 bits per heavy atom. The molecule has 24 heavy (non-hydrogen) atoms. The van der Waals surface area contributed by atoms with E-state index in [0.29, 0.717) is 29.9 Å². The molecule has 1 atom stereocenters. The highest BCUT2D eigenvalue weighted by molar-refractivity contribution is 5.32. The molecule has 1 heterocycles. The second-order valence-electron chi connectivity index (χ2n) is 6.41. The van der Waals surface area contributed by atoms with E-state index in [1.807, 2.05) is 33.2 Å². The quantitative estimate of drug-likeness (QED) is 0.877. The highest BCUT2D eigenvalue weighted by atomic mass is 19.1. The molecule has 1 saturated carbocycles. The topological polar surface area (TPSA) is 71.2 Å². The summed E-state index contributed by atoms with van der Waals surface area (Å²) >= 11 is 0. The Morgan fingerprint density at radius 3 is 2.54 bits per heavy atom. The number of hydrogen-bond donors (Lipinski definition) is 1. The molecular formula is C17H23FN6. The Labute approximate surface area is 141 Å². The average Bonchev–Trinajstić information content (AvgIpc) is 3.36. The molecule has 6 nitrogen and oxygen atoms in total. The van der Waals surface area contributed by atoms with Gasteiger partial charge in [-0.15, -0.1) is 0 Å². The number of nitrogens with zero attached hydrogens (tertiary/aromatic N) is 5. The molecule has 0 saturated heterocycles. The largest absolute Gasteiger partial charge is 0.368 e. The molecule has 0 radical (unpaired) electrons. The Balaban J connectivity index is 1.86. The number of anilines is 2. The molecule has 1 aliphatic rings. The van der Waals surface area contributed by atoms with E-state index in [1.54, 1.807) is 11.0 Å². The van der Waals surface area contributed by atoms with Gasteiger partial charge < -0.3 is 10.6 Å². The molecule has 1 aromatic carbocycles. The van der Waals surface area contributed by atoms with E-state index in [2.05, 4.69) is 19.9 Å². The van der Waals surface area contributed by atoms with Gasteiger partial charge in [-0.2, -0.15) is 15.0 Å². The third-order valence-corrected chi connectivity index (χ3v) is 4.28. The summed E-state index contributed by atoms with van der Waals surface area (Å²) in [5.41, 5.74) is 6.50. The van der Waals surface area contributed by atoms with Gasteiger partial charge >= 0.3 is 0 Å². The summed E-state index contributed by atoms with van der Waals surface area (Å²) in [6.45, 7) is 2.54. The highest BCUT2D eigenvalue weighted by Gasteiger charge is 2.34. The first-order valence-corrected chi connectivity index (χ1v) is 8.13. The molecule has 128 valence electrons. The summed E-state index contributed by atoms with van der Waals surface area (Å²) in [4.78, 5) is 16.9. The molecule has 0 aliphatic heterocycles. The molecule has 0 amide bonds. The van der Waals surface area contributed by atoms with Gasteiger partial charge in [0.2, 0.25) is 11.9 Å². The lowest BCUT2D eigenvalue weighted by atomic mass is 10.1. The van der Waals surface area contributed by atoms with Crippen molar-refractivity contribution in [3.63, 3.8) is 0 Å². The van der Waals surface area contributed by atoms with Gasteiger partial charge in [-0.3, -0.25) is 4.90 Å². The summed E-state index contributed by atoms with van der Waals surface area (Å²) in [5, 5.41) is 0. The average molecular weight is 330 g/mol. The van der Waals surface area contributed by atoms with Crippen molar-refractivity contribution in [1.82, 2.24) is 19.9 Å². The first kappa shape index (κ1) is 16.6. The Bertz CT molecular complexity index is 716. The zero-order valence-corrected chi connectivity index (χ0v) is 14.3. The second kappa shape index (κ2) is 6.68. The van der Waals surface area contributed by atoms with Gasteiger partial charge in [0, 0.05) is 31.7 Å². The number of aromatic nitrogens is 3.